The summed E-state index contributed by atoms with van der Waals surface area (Å²) in [7, 11) is 0. The van der Waals surface area contributed by atoms with Crippen LogP contribution < -0.4 is 0 Å². The van der Waals surface area contributed by atoms with Crippen LogP contribution in [0, 0.1) is 5.92 Å². The summed E-state index contributed by atoms with van der Waals surface area (Å²) in [5.74, 6) is 0.850. The molecule has 6 heteroatoms. The van der Waals surface area contributed by atoms with Gasteiger partial charge in [-0.15, -0.1) is 0 Å². The molecule has 2 heterocycles. The largest absolute Gasteiger partial charge is 0.345 e. The van der Waals surface area contributed by atoms with Gasteiger partial charge in [-0.3, -0.25) is 9.59 Å². The highest BCUT2D eigenvalue weighted by molar-refractivity contribution is 6.43. The van der Waals surface area contributed by atoms with Gasteiger partial charge in [-0.2, -0.15) is 0 Å². The molecule has 1 saturated carbocycles. The topological polar surface area (TPSA) is 42.3 Å². The predicted octanol–water partition coefficient (Wildman–Crippen LogP) is 6.11. The van der Waals surface area contributed by atoms with E-state index in [9.17, 15) is 9.59 Å². The predicted molar refractivity (Wildman–Crippen MR) is 118 cm³/mol. The molecule has 4 nitrogen and oxygen atoms in total. The van der Waals surface area contributed by atoms with E-state index in [-0.39, 0.29) is 11.8 Å². The van der Waals surface area contributed by atoms with E-state index in [1.54, 1.807) is 13.0 Å². The van der Waals surface area contributed by atoms with E-state index in [1.165, 1.54) is 32.1 Å². The molecule has 1 amide bonds. The van der Waals surface area contributed by atoms with E-state index >= 15 is 0 Å². The molecule has 1 atom stereocenters. The Labute approximate surface area is 182 Å². The van der Waals surface area contributed by atoms with Gasteiger partial charge in [-0.05, 0) is 50.7 Å². The number of rotatable bonds is 5. The number of hydrogen-bond acceptors (Lipinski definition) is 2. The van der Waals surface area contributed by atoms with Gasteiger partial charge in [0, 0.05) is 42.7 Å². The molecule has 156 valence electrons. The van der Waals surface area contributed by atoms with Crippen LogP contribution in [0.5, 0.6) is 0 Å². The quantitative estimate of drug-likeness (QED) is 0.532. The van der Waals surface area contributed by atoms with Crippen LogP contribution in [-0.4, -0.2) is 33.7 Å². The average molecular weight is 435 g/mol. The summed E-state index contributed by atoms with van der Waals surface area (Å²) in [6.45, 7) is 3.08. The van der Waals surface area contributed by atoms with Crippen molar-refractivity contribution in [3.63, 3.8) is 0 Å². The summed E-state index contributed by atoms with van der Waals surface area (Å²) >= 11 is 12.5. The molecule has 29 heavy (non-hydrogen) atoms. The molecule has 0 N–H and O–H groups in total. The summed E-state index contributed by atoms with van der Waals surface area (Å²) in [6, 6.07) is 3.76. The molecule has 1 aliphatic carbocycles. The summed E-state index contributed by atoms with van der Waals surface area (Å²) in [4.78, 5) is 27.2. The molecule has 0 spiro atoms. The van der Waals surface area contributed by atoms with Crippen LogP contribution in [0.25, 0.3) is 10.9 Å². The van der Waals surface area contributed by atoms with Crippen molar-refractivity contribution >= 4 is 45.8 Å². The maximum absolute atomic E-state index is 13.0. The van der Waals surface area contributed by atoms with Crippen LogP contribution in [0.15, 0.2) is 18.3 Å². The highest BCUT2D eigenvalue weighted by Gasteiger charge is 2.31. The maximum Gasteiger partial charge on any atom is 0.223 e. The molecule has 2 fully saturated rings. The van der Waals surface area contributed by atoms with Crippen molar-refractivity contribution in [3.8, 4) is 0 Å². The summed E-state index contributed by atoms with van der Waals surface area (Å²) in [5.41, 5.74) is 1.55. The van der Waals surface area contributed by atoms with Crippen molar-refractivity contribution in [3.05, 3.63) is 33.9 Å². The molecule has 2 aromatic rings. The number of amides is 1. The molecule has 0 unspecified atom stereocenters. The minimum absolute atomic E-state index is 0.00351. The number of aromatic nitrogens is 1. The van der Waals surface area contributed by atoms with Gasteiger partial charge < -0.3 is 9.47 Å². The number of likely N-dealkylation sites (tertiary alicyclic amines) is 1. The Bertz CT molecular complexity index is 931. The van der Waals surface area contributed by atoms with Gasteiger partial charge in [-0.25, -0.2) is 0 Å². The SMILES string of the molecule is CC(=O)c1cn(C[C@@H]2CCCN2C(=O)CC2CCCCC2)c2cc(Cl)c(Cl)cc12. The second kappa shape index (κ2) is 8.69. The van der Waals surface area contributed by atoms with Crippen molar-refractivity contribution in [1.29, 1.82) is 0 Å². The third kappa shape index (κ3) is 4.34. The zero-order valence-electron chi connectivity index (χ0n) is 16.9. The van der Waals surface area contributed by atoms with Crippen LogP contribution in [0.4, 0.5) is 0 Å². The van der Waals surface area contributed by atoms with E-state index in [1.807, 2.05) is 12.3 Å². The van der Waals surface area contributed by atoms with Gasteiger partial charge in [0.15, 0.2) is 5.78 Å². The number of carbonyl (C=O) groups is 2. The standard InChI is InChI=1S/C23H28Cl2N2O2/c1-15(28)19-14-26(22-12-21(25)20(24)11-18(19)22)13-17-8-5-9-27(17)23(29)10-16-6-3-2-4-7-16/h11-12,14,16-17H,2-10,13H2,1H3/t17-/m0/s1. The van der Waals surface area contributed by atoms with Gasteiger partial charge in [0.2, 0.25) is 5.91 Å². The first-order valence-corrected chi connectivity index (χ1v) is 11.5. The molecular weight excluding hydrogens is 407 g/mol. The Morgan fingerprint density at radius 2 is 1.76 bits per heavy atom. The smallest absolute Gasteiger partial charge is 0.223 e. The van der Waals surface area contributed by atoms with Crippen molar-refractivity contribution in [2.24, 2.45) is 5.92 Å². The molecule has 0 radical (unpaired) electrons. The minimum Gasteiger partial charge on any atom is -0.345 e. The lowest BCUT2D eigenvalue weighted by Gasteiger charge is -2.28. The van der Waals surface area contributed by atoms with Gasteiger partial charge >= 0.3 is 0 Å². The van der Waals surface area contributed by atoms with Crippen molar-refractivity contribution < 1.29 is 9.59 Å². The van der Waals surface area contributed by atoms with E-state index in [0.717, 1.165) is 30.3 Å². The van der Waals surface area contributed by atoms with Gasteiger partial charge in [0.1, 0.15) is 0 Å². The van der Waals surface area contributed by atoms with E-state index in [0.29, 0.717) is 40.4 Å². The fraction of sp³-hybridized carbons (Fsp3) is 0.565. The van der Waals surface area contributed by atoms with Gasteiger partial charge in [0.25, 0.3) is 0 Å². The Balaban J connectivity index is 1.56. The summed E-state index contributed by atoms with van der Waals surface area (Å²) < 4.78 is 2.07. The van der Waals surface area contributed by atoms with Crippen molar-refractivity contribution in [2.45, 2.75) is 70.9 Å². The average Bonchev–Trinajstić information content (AvgIpc) is 3.29. The fourth-order valence-corrected chi connectivity index (χ4v) is 5.37. The fourth-order valence-electron chi connectivity index (χ4n) is 5.05. The van der Waals surface area contributed by atoms with Crippen molar-refractivity contribution in [2.75, 3.05) is 6.54 Å². The summed E-state index contributed by atoms with van der Waals surface area (Å²) in [5, 5.41) is 1.75. The lowest BCUT2D eigenvalue weighted by atomic mass is 9.86. The van der Waals surface area contributed by atoms with Crippen LogP contribution in [-0.2, 0) is 11.3 Å². The highest BCUT2D eigenvalue weighted by Crippen LogP contribution is 2.33. The molecule has 2 aliphatic rings. The Morgan fingerprint density at radius 1 is 1.03 bits per heavy atom. The zero-order chi connectivity index (χ0) is 20.5. The monoisotopic (exact) mass is 434 g/mol. The number of fused-ring (bicyclic) bond motifs is 1. The van der Waals surface area contributed by atoms with E-state index in [2.05, 4.69) is 9.47 Å². The van der Waals surface area contributed by atoms with Gasteiger partial charge in [-0.1, -0.05) is 42.5 Å². The van der Waals surface area contributed by atoms with Crippen molar-refractivity contribution in [1.82, 2.24) is 9.47 Å². The number of hydrogen-bond donors (Lipinski definition) is 0. The molecule has 1 aromatic heterocycles. The summed E-state index contributed by atoms with van der Waals surface area (Å²) in [6.07, 6.45) is 10.8. The maximum atomic E-state index is 13.0. The molecule has 0 bridgehead atoms. The van der Waals surface area contributed by atoms with E-state index in [4.69, 9.17) is 23.2 Å². The Hall–Kier alpha value is -1.52. The second-order valence-corrected chi connectivity index (χ2v) is 9.44. The number of carbonyl (C=O) groups excluding carboxylic acids is 2. The van der Waals surface area contributed by atoms with Crippen LogP contribution in [0.2, 0.25) is 10.0 Å². The van der Waals surface area contributed by atoms with Crippen LogP contribution in [0.1, 0.15) is 68.6 Å². The first-order valence-electron chi connectivity index (χ1n) is 10.7. The third-order valence-electron chi connectivity index (χ3n) is 6.60. The Kier molecular flexibility index (Phi) is 6.21. The van der Waals surface area contributed by atoms with Crippen LogP contribution >= 0.6 is 23.2 Å². The first-order chi connectivity index (χ1) is 13.9. The number of benzene rings is 1. The highest BCUT2D eigenvalue weighted by atomic mass is 35.5. The number of halogens is 2. The Morgan fingerprint density at radius 3 is 2.48 bits per heavy atom. The normalized spacial score (nSPS) is 20.5. The lowest BCUT2D eigenvalue weighted by molar-refractivity contribution is -0.133. The molecule has 1 saturated heterocycles. The zero-order valence-corrected chi connectivity index (χ0v) is 18.4. The number of Topliss-reactive ketones (excluding diaryl/α,β-unsaturated/α-hetero) is 1. The van der Waals surface area contributed by atoms with Gasteiger partial charge in [0.05, 0.1) is 15.6 Å². The minimum atomic E-state index is 0.00351. The molecule has 1 aromatic carbocycles. The number of ketones is 1. The van der Waals surface area contributed by atoms with E-state index < -0.39 is 0 Å². The van der Waals surface area contributed by atoms with Crippen LogP contribution in [0.3, 0.4) is 0 Å². The molecule has 1 aliphatic heterocycles. The lowest BCUT2D eigenvalue weighted by Crippen LogP contribution is -2.39. The third-order valence-corrected chi connectivity index (χ3v) is 7.32. The second-order valence-electron chi connectivity index (χ2n) is 8.63. The molecular formula is C23H28Cl2N2O2. The number of nitrogens with zero attached hydrogens (tertiary/aromatic N) is 2. The first kappa shape index (κ1) is 20.7. The molecule has 4 rings (SSSR count).